The number of anilines is 2. The molecule has 2 amide bonds. The van der Waals surface area contributed by atoms with Crippen molar-refractivity contribution in [1.82, 2.24) is 0 Å². The predicted octanol–water partition coefficient (Wildman–Crippen LogP) is 4.73. The van der Waals surface area contributed by atoms with Gasteiger partial charge in [-0.15, -0.1) is 0 Å². The van der Waals surface area contributed by atoms with Crippen LogP contribution in [-0.4, -0.2) is 33.1 Å². The number of carbonyl (C=O) groups excluding carboxylic acids is 2. The highest BCUT2D eigenvalue weighted by molar-refractivity contribution is 6.46. The first kappa shape index (κ1) is 22.9. The molecule has 0 spiro atoms. The predicted molar refractivity (Wildman–Crippen MR) is 131 cm³/mol. The van der Waals surface area contributed by atoms with Crippen molar-refractivity contribution in [3.8, 4) is 17.2 Å². The van der Waals surface area contributed by atoms with E-state index in [1.54, 1.807) is 62.8 Å². The molecule has 4 rings (SSSR count). The maximum atomic E-state index is 13.7. The molecule has 1 N–H and O–H groups in total. The average Bonchev–Trinajstić information content (AvgIpc) is 3.08. The van der Waals surface area contributed by atoms with Gasteiger partial charge >= 0.3 is 0 Å². The highest BCUT2D eigenvalue weighted by atomic mass is 16.5. The fourth-order valence-corrected chi connectivity index (χ4v) is 3.98. The number of ether oxygens (including phenoxy) is 3. The van der Waals surface area contributed by atoms with Crippen LogP contribution in [0.15, 0.2) is 66.4 Å². The molecular weight excluding hydrogens is 432 g/mol. The van der Waals surface area contributed by atoms with E-state index in [2.05, 4.69) is 5.32 Å². The third-order valence-corrected chi connectivity index (χ3v) is 5.72. The lowest BCUT2D eigenvalue weighted by Crippen LogP contribution is -2.33. The lowest BCUT2D eigenvalue weighted by molar-refractivity contribution is -0.120. The van der Waals surface area contributed by atoms with Gasteiger partial charge in [-0.05, 0) is 55.3 Å². The van der Waals surface area contributed by atoms with Gasteiger partial charge in [0.05, 0.1) is 38.3 Å². The van der Waals surface area contributed by atoms with E-state index in [1.165, 1.54) is 12.0 Å². The van der Waals surface area contributed by atoms with Crippen molar-refractivity contribution in [2.24, 2.45) is 0 Å². The fourth-order valence-electron chi connectivity index (χ4n) is 3.98. The van der Waals surface area contributed by atoms with E-state index in [0.29, 0.717) is 34.2 Å². The number of aryl methyl sites for hydroxylation is 2. The van der Waals surface area contributed by atoms with Crippen molar-refractivity contribution in [2.75, 3.05) is 31.5 Å². The van der Waals surface area contributed by atoms with Gasteiger partial charge < -0.3 is 19.5 Å². The van der Waals surface area contributed by atoms with Gasteiger partial charge in [0.2, 0.25) is 0 Å². The van der Waals surface area contributed by atoms with E-state index in [0.717, 1.165) is 11.1 Å². The Morgan fingerprint density at radius 3 is 2.03 bits per heavy atom. The molecule has 1 aliphatic rings. The Labute approximate surface area is 198 Å². The smallest absolute Gasteiger partial charge is 0.282 e. The summed E-state index contributed by atoms with van der Waals surface area (Å²) in [6, 6.07) is 17.9. The van der Waals surface area contributed by atoms with Crippen LogP contribution < -0.4 is 24.4 Å². The lowest BCUT2D eigenvalue weighted by atomic mass is 10.0. The van der Waals surface area contributed by atoms with Crippen LogP contribution in [0, 0.1) is 13.8 Å². The van der Waals surface area contributed by atoms with Gasteiger partial charge in [-0.1, -0.05) is 29.8 Å². The van der Waals surface area contributed by atoms with Crippen LogP contribution in [0.3, 0.4) is 0 Å². The summed E-state index contributed by atoms with van der Waals surface area (Å²) < 4.78 is 16.0. The number of methoxy groups -OCH3 is 3. The Morgan fingerprint density at radius 2 is 1.41 bits per heavy atom. The van der Waals surface area contributed by atoms with E-state index in [-0.39, 0.29) is 11.3 Å². The number of rotatable bonds is 7. The van der Waals surface area contributed by atoms with E-state index in [1.807, 2.05) is 26.0 Å². The molecule has 1 heterocycles. The van der Waals surface area contributed by atoms with E-state index in [4.69, 9.17) is 14.2 Å². The lowest BCUT2D eigenvalue weighted by Gasteiger charge is -2.18. The van der Waals surface area contributed by atoms with Crippen LogP contribution >= 0.6 is 0 Å². The Bertz CT molecular complexity index is 1290. The monoisotopic (exact) mass is 458 g/mol. The van der Waals surface area contributed by atoms with E-state index in [9.17, 15) is 9.59 Å². The maximum absolute atomic E-state index is 13.7. The fraction of sp³-hybridized carbons (Fsp3) is 0.185. The summed E-state index contributed by atoms with van der Waals surface area (Å²) in [5.74, 6) is 0.889. The second kappa shape index (κ2) is 9.31. The maximum Gasteiger partial charge on any atom is 0.282 e. The van der Waals surface area contributed by atoms with Crippen molar-refractivity contribution in [3.63, 3.8) is 0 Å². The molecule has 0 aliphatic carbocycles. The zero-order valence-corrected chi connectivity index (χ0v) is 19.8. The molecule has 0 fully saturated rings. The van der Waals surface area contributed by atoms with Gasteiger partial charge in [-0.2, -0.15) is 0 Å². The summed E-state index contributed by atoms with van der Waals surface area (Å²) in [6.45, 7) is 3.85. The normalized spacial score (nSPS) is 13.4. The molecule has 34 heavy (non-hydrogen) atoms. The molecule has 3 aromatic rings. The van der Waals surface area contributed by atoms with E-state index >= 15 is 0 Å². The molecule has 7 nitrogen and oxygen atoms in total. The highest BCUT2D eigenvalue weighted by Gasteiger charge is 2.41. The van der Waals surface area contributed by atoms with Crippen molar-refractivity contribution in [1.29, 1.82) is 0 Å². The molecule has 0 saturated heterocycles. The summed E-state index contributed by atoms with van der Waals surface area (Å²) in [6.07, 6.45) is 0. The quantitative estimate of drug-likeness (QED) is 0.516. The third-order valence-electron chi connectivity index (χ3n) is 5.72. The van der Waals surface area contributed by atoms with Crippen LogP contribution in [0.1, 0.15) is 16.7 Å². The Balaban J connectivity index is 1.84. The van der Waals surface area contributed by atoms with Gasteiger partial charge in [0.25, 0.3) is 11.8 Å². The van der Waals surface area contributed by atoms with Crippen molar-refractivity contribution in [3.05, 3.63) is 83.1 Å². The SMILES string of the molecule is COc1ccc(C2=C(Nc3ccc(OC)cc3OC)C(=O)N(c3ccc(C)cc3C)C2=O)cc1. The zero-order valence-electron chi connectivity index (χ0n) is 19.8. The topological polar surface area (TPSA) is 77.1 Å². The molecule has 0 bridgehead atoms. The first-order valence-electron chi connectivity index (χ1n) is 10.7. The number of benzene rings is 3. The van der Waals surface area contributed by atoms with Crippen LogP contribution in [0.25, 0.3) is 5.57 Å². The van der Waals surface area contributed by atoms with Gasteiger partial charge in [-0.25, -0.2) is 4.90 Å². The minimum absolute atomic E-state index is 0.165. The highest BCUT2D eigenvalue weighted by Crippen LogP contribution is 2.38. The van der Waals surface area contributed by atoms with Gasteiger partial charge in [0, 0.05) is 6.07 Å². The van der Waals surface area contributed by atoms with Crippen molar-refractivity contribution in [2.45, 2.75) is 13.8 Å². The van der Waals surface area contributed by atoms with E-state index < -0.39 is 11.8 Å². The zero-order chi connectivity index (χ0) is 24.4. The molecule has 174 valence electrons. The summed E-state index contributed by atoms with van der Waals surface area (Å²) in [5.41, 5.74) is 3.99. The minimum Gasteiger partial charge on any atom is -0.497 e. The molecule has 1 aliphatic heterocycles. The molecule has 0 unspecified atom stereocenters. The van der Waals surface area contributed by atoms with Crippen LogP contribution in [-0.2, 0) is 9.59 Å². The molecular formula is C27H26N2O5. The van der Waals surface area contributed by atoms with Crippen LogP contribution in [0.4, 0.5) is 11.4 Å². The molecule has 0 aromatic heterocycles. The minimum atomic E-state index is -0.444. The second-order valence-corrected chi connectivity index (χ2v) is 7.91. The molecule has 0 atom stereocenters. The third kappa shape index (κ3) is 4.08. The van der Waals surface area contributed by atoms with Crippen LogP contribution in [0.5, 0.6) is 17.2 Å². The first-order chi connectivity index (χ1) is 16.4. The largest absolute Gasteiger partial charge is 0.497 e. The number of carbonyl (C=O) groups is 2. The molecule has 7 heteroatoms. The number of nitrogens with one attached hydrogen (secondary N) is 1. The standard InChI is InChI=1S/C27H26N2O5/c1-16-6-13-22(17(2)14-16)29-26(30)24(18-7-9-19(32-3)10-8-18)25(27(29)31)28-21-12-11-20(33-4)15-23(21)34-5/h6-15,28H,1-5H3. The average molecular weight is 459 g/mol. The number of hydrogen-bond donors (Lipinski definition) is 1. The molecule has 0 radical (unpaired) electrons. The number of amides is 2. The van der Waals surface area contributed by atoms with Crippen molar-refractivity contribution < 1.29 is 23.8 Å². The Morgan fingerprint density at radius 1 is 0.735 bits per heavy atom. The summed E-state index contributed by atoms with van der Waals surface area (Å²) in [4.78, 5) is 28.6. The first-order valence-corrected chi connectivity index (χ1v) is 10.7. The number of imide groups is 1. The summed E-state index contributed by atoms with van der Waals surface area (Å²) >= 11 is 0. The van der Waals surface area contributed by atoms with Crippen molar-refractivity contribution >= 4 is 28.8 Å². The molecule has 0 saturated carbocycles. The Kier molecular flexibility index (Phi) is 6.27. The second-order valence-electron chi connectivity index (χ2n) is 7.91. The van der Waals surface area contributed by atoms with Crippen LogP contribution in [0.2, 0.25) is 0 Å². The Hall–Kier alpha value is -4.26. The summed E-state index contributed by atoms with van der Waals surface area (Å²) in [5, 5.41) is 3.16. The van der Waals surface area contributed by atoms with Gasteiger partial charge in [-0.3, -0.25) is 9.59 Å². The number of hydrogen-bond acceptors (Lipinski definition) is 6. The van der Waals surface area contributed by atoms with Gasteiger partial charge in [0.1, 0.15) is 22.9 Å². The summed E-state index contributed by atoms with van der Waals surface area (Å²) in [7, 11) is 4.67. The van der Waals surface area contributed by atoms with Gasteiger partial charge in [0.15, 0.2) is 0 Å². The number of nitrogens with zero attached hydrogens (tertiary/aromatic N) is 1. The molecule has 3 aromatic carbocycles.